The summed E-state index contributed by atoms with van der Waals surface area (Å²) < 4.78 is 21.1. The largest absolute Gasteiger partial charge is 0.484 e. The first-order chi connectivity index (χ1) is 14.0. The molecule has 0 saturated heterocycles. The first-order valence-electron chi connectivity index (χ1n) is 9.16. The van der Waals surface area contributed by atoms with E-state index >= 15 is 0 Å². The number of furan rings is 1. The van der Waals surface area contributed by atoms with Gasteiger partial charge in [-0.2, -0.15) is 0 Å². The summed E-state index contributed by atoms with van der Waals surface area (Å²) in [7, 11) is 0. The minimum Gasteiger partial charge on any atom is -0.484 e. The highest BCUT2D eigenvalue weighted by Gasteiger charge is 2.26. The SMILES string of the molecule is CC(C)[C@H](NC(=O)COc1ccccc1)C(=O)OCc1cc(-c2ccco2)on1. The second-order valence-corrected chi connectivity index (χ2v) is 6.66. The number of amides is 1. The van der Waals surface area contributed by atoms with Crippen LogP contribution in [0.4, 0.5) is 0 Å². The third-order valence-electron chi connectivity index (χ3n) is 4.04. The van der Waals surface area contributed by atoms with Gasteiger partial charge >= 0.3 is 5.97 Å². The minimum absolute atomic E-state index is 0.0807. The molecule has 0 spiro atoms. The summed E-state index contributed by atoms with van der Waals surface area (Å²) in [5, 5.41) is 6.51. The average Bonchev–Trinajstić information content (AvgIpc) is 3.41. The van der Waals surface area contributed by atoms with Crippen LogP contribution in [-0.2, 0) is 20.9 Å². The molecule has 1 atom stereocenters. The standard InChI is InChI=1S/C21H22N2O6/c1-14(2)20(22-19(24)13-27-16-7-4-3-5-8-16)21(25)28-12-15-11-18(29-23-15)17-9-6-10-26-17/h3-11,14,20H,12-13H2,1-2H3,(H,22,24)/t20-/m0/s1. The lowest BCUT2D eigenvalue weighted by atomic mass is 10.0. The number of rotatable bonds is 9. The van der Waals surface area contributed by atoms with E-state index in [4.69, 9.17) is 18.4 Å². The Balaban J connectivity index is 1.50. The molecule has 2 aromatic heterocycles. The van der Waals surface area contributed by atoms with Crippen molar-refractivity contribution in [2.24, 2.45) is 5.92 Å². The molecule has 1 amide bonds. The lowest BCUT2D eigenvalue weighted by Crippen LogP contribution is -2.46. The second kappa shape index (κ2) is 9.59. The van der Waals surface area contributed by atoms with Crippen LogP contribution >= 0.6 is 0 Å². The van der Waals surface area contributed by atoms with E-state index in [1.165, 1.54) is 6.26 Å². The van der Waals surface area contributed by atoms with Crippen LogP contribution in [0.15, 0.2) is 63.7 Å². The fourth-order valence-corrected chi connectivity index (χ4v) is 2.53. The molecular formula is C21H22N2O6. The number of hydrogen-bond donors (Lipinski definition) is 1. The molecule has 0 aliphatic carbocycles. The topological polar surface area (TPSA) is 104 Å². The van der Waals surface area contributed by atoms with Crippen LogP contribution in [0.25, 0.3) is 11.5 Å². The van der Waals surface area contributed by atoms with Gasteiger partial charge in [0.05, 0.1) is 6.26 Å². The van der Waals surface area contributed by atoms with Crippen molar-refractivity contribution < 1.29 is 28.0 Å². The predicted molar refractivity (Wildman–Crippen MR) is 103 cm³/mol. The summed E-state index contributed by atoms with van der Waals surface area (Å²) in [5.41, 5.74) is 0.436. The third-order valence-corrected chi connectivity index (χ3v) is 4.04. The minimum atomic E-state index is -0.807. The number of nitrogens with zero attached hydrogens (tertiary/aromatic N) is 1. The zero-order valence-electron chi connectivity index (χ0n) is 16.2. The van der Waals surface area contributed by atoms with Crippen LogP contribution in [0.5, 0.6) is 5.75 Å². The maximum Gasteiger partial charge on any atom is 0.329 e. The van der Waals surface area contributed by atoms with E-state index in [9.17, 15) is 9.59 Å². The molecule has 1 N–H and O–H groups in total. The molecular weight excluding hydrogens is 376 g/mol. The summed E-state index contributed by atoms with van der Waals surface area (Å²) >= 11 is 0. The van der Waals surface area contributed by atoms with Gasteiger partial charge in [0.25, 0.3) is 5.91 Å². The molecule has 0 radical (unpaired) electrons. The Kier molecular flexibility index (Phi) is 6.67. The molecule has 29 heavy (non-hydrogen) atoms. The zero-order chi connectivity index (χ0) is 20.6. The van der Waals surface area contributed by atoms with Crippen molar-refractivity contribution in [2.75, 3.05) is 6.61 Å². The number of ether oxygens (including phenoxy) is 2. The Morgan fingerprint density at radius 2 is 1.90 bits per heavy atom. The van der Waals surface area contributed by atoms with Crippen LogP contribution in [-0.4, -0.2) is 29.7 Å². The van der Waals surface area contributed by atoms with Crippen molar-refractivity contribution in [3.8, 4) is 17.3 Å². The first-order valence-corrected chi connectivity index (χ1v) is 9.16. The van der Waals surface area contributed by atoms with Gasteiger partial charge in [-0.3, -0.25) is 4.79 Å². The van der Waals surface area contributed by atoms with Gasteiger partial charge < -0.3 is 23.7 Å². The Bertz CT molecular complexity index is 918. The normalized spacial score (nSPS) is 11.8. The summed E-state index contributed by atoms with van der Waals surface area (Å²) in [6, 6.07) is 13.2. The lowest BCUT2D eigenvalue weighted by Gasteiger charge is -2.20. The molecule has 8 nitrogen and oxygen atoms in total. The molecule has 0 saturated carbocycles. The van der Waals surface area contributed by atoms with Gasteiger partial charge in [-0.15, -0.1) is 0 Å². The lowest BCUT2D eigenvalue weighted by molar-refractivity contribution is -0.150. The molecule has 0 bridgehead atoms. The molecule has 0 fully saturated rings. The number of nitrogens with one attached hydrogen (secondary N) is 1. The van der Waals surface area contributed by atoms with Crippen LogP contribution in [0, 0.1) is 5.92 Å². The highest BCUT2D eigenvalue weighted by atomic mass is 16.5. The van der Waals surface area contributed by atoms with Crippen LogP contribution in [0.3, 0.4) is 0 Å². The van der Waals surface area contributed by atoms with Crippen molar-refractivity contribution in [2.45, 2.75) is 26.5 Å². The molecule has 1 aromatic carbocycles. The fraction of sp³-hybridized carbons (Fsp3) is 0.286. The van der Waals surface area contributed by atoms with Gasteiger partial charge in [-0.25, -0.2) is 4.79 Å². The van der Waals surface area contributed by atoms with E-state index in [0.717, 1.165) is 0 Å². The van der Waals surface area contributed by atoms with Gasteiger partial charge in [0.15, 0.2) is 12.4 Å². The molecule has 3 rings (SSSR count). The van der Waals surface area contributed by atoms with Gasteiger partial charge in [0.1, 0.15) is 24.1 Å². The maximum atomic E-state index is 12.4. The number of hydrogen-bond acceptors (Lipinski definition) is 7. The van der Waals surface area contributed by atoms with E-state index in [2.05, 4.69) is 10.5 Å². The quantitative estimate of drug-likeness (QED) is 0.552. The third kappa shape index (κ3) is 5.71. The highest BCUT2D eigenvalue weighted by molar-refractivity contribution is 5.85. The summed E-state index contributed by atoms with van der Waals surface area (Å²) in [5.74, 6) is 0.402. The van der Waals surface area contributed by atoms with Crippen LogP contribution in [0.2, 0.25) is 0 Å². The molecule has 8 heteroatoms. The molecule has 0 aliphatic rings. The van der Waals surface area contributed by atoms with Crippen molar-refractivity contribution in [3.63, 3.8) is 0 Å². The number of esters is 1. The van der Waals surface area contributed by atoms with Gasteiger partial charge in [0, 0.05) is 6.07 Å². The van der Waals surface area contributed by atoms with E-state index < -0.39 is 17.9 Å². The number of para-hydroxylation sites is 1. The molecule has 152 valence electrons. The van der Waals surface area contributed by atoms with Crippen molar-refractivity contribution in [3.05, 3.63) is 60.5 Å². The molecule has 3 aromatic rings. The number of aromatic nitrogens is 1. The van der Waals surface area contributed by atoms with Crippen molar-refractivity contribution in [1.29, 1.82) is 0 Å². The Labute approximate surface area is 167 Å². The van der Waals surface area contributed by atoms with Crippen LogP contribution < -0.4 is 10.1 Å². The molecule has 2 heterocycles. The Hall–Kier alpha value is -3.55. The van der Waals surface area contributed by atoms with Gasteiger partial charge in [0.2, 0.25) is 5.76 Å². The maximum absolute atomic E-state index is 12.4. The van der Waals surface area contributed by atoms with Gasteiger partial charge in [-0.1, -0.05) is 37.2 Å². The van der Waals surface area contributed by atoms with E-state index in [0.29, 0.717) is 23.0 Å². The first kappa shape index (κ1) is 20.2. The predicted octanol–water partition coefficient (Wildman–Crippen LogP) is 3.20. The summed E-state index contributed by atoms with van der Waals surface area (Å²) in [6.45, 7) is 3.35. The van der Waals surface area contributed by atoms with E-state index in [1.54, 1.807) is 30.3 Å². The summed E-state index contributed by atoms with van der Waals surface area (Å²) in [4.78, 5) is 24.6. The van der Waals surface area contributed by atoms with Gasteiger partial charge in [-0.05, 0) is 30.2 Å². The summed E-state index contributed by atoms with van der Waals surface area (Å²) in [6.07, 6.45) is 1.52. The fourth-order valence-electron chi connectivity index (χ4n) is 2.53. The second-order valence-electron chi connectivity index (χ2n) is 6.66. The van der Waals surface area contributed by atoms with Crippen molar-refractivity contribution in [1.82, 2.24) is 10.5 Å². The Morgan fingerprint density at radius 3 is 2.59 bits per heavy atom. The number of carbonyl (C=O) groups is 2. The number of benzene rings is 1. The number of carbonyl (C=O) groups excluding carboxylic acids is 2. The van der Waals surface area contributed by atoms with E-state index in [1.807, 2.05) is 32.0 Å². The molecule has 0 unspecified atom stereocenters. The molecule has 0 aliphatic heterocycles. The smallest absolute Gasteiger partial charge is 0.329 e. The highest BCUT2D eigenvalue weighted by Crippen LogP contribution is 2.21. The monoisotopic (exact) mass is 398 g/mol. The average molecular weight is 398 g/mol. The van der Waals surface area contributed by atoms with E-state index in [-0.39, 0.29) is 19.1 Å². The van der Waals surface area contributed by atoms with Crippen molar-refractivity contribution >= 4 is 11.9 Å². The Morgan fingerprint density at radius 1 is 1.10 bits per heavy atom. The van der Waals surface area contributed by atoms with Crippen LogP contribution in [0.1, 0.15) is 19.5 Å². The zero-order valence-corrected chi connectivity index (χ0v) is 16.2.